The van der Waals surface area contributed by atoms with Gasteiger partial charge in [-0.25, -0.2) is 9.59 Å². The van der Waals surface area contributed by atoms with Crippen molar-refractivity contribution < 1.29 is 107 Å². The van der Waals surface area contributed by atoms with E-state index in [1.54, 1.807) is 0 Å². The number of nitrogens with two attached hydrogens (primary N) is 2. The van der Waals surface area contributed by atoms with Crippen molar-refractivity contribution in [2.75, 3.05) is 13.1 Å². The molecule has 34 nitrogen and oxygen atoms in total. The molecule has 0 bridgehead atoms. The fraction of sp³-hybridized carbons (Fsp3) is 0.667. The molecule has 0 aromatic heterocycles. The average molecular weight is 1170 g/mol. The molecule has 0 aromatic rings. The van der Waals surface area contributed by atoms with Gasteiger partial charge >= 0.3 is 35.8 Å². The molecule has 20 N–H and O–H groups in total. The van der Waals surface area contributed by atoms with Crippen LogP contribution in [0.25, 0.3) is 0 Å². The van der Waals surface area contributed by atoms with Gasteiger partial charge in [-0.15, -0.1) is 0 Å². The Balaban J connectivity index is 2.52. The summed E-state index contributed by atoms with van der Waals surface area (Å²) >= 11 is 0. The third kappa shape index (κ3) is 26.1. The predicted molar refractivity (Wildman–Crippen MR) is 276 cm³/mol. The SMILES string of the molecule is NCCCC[C@H](NC(=O)[C@H](CCCC[C@H](NC(=O)[C@@H](CC(=O)O)NC(=O)[C@H](CCC(=O)O)NC(=O)[C@@H]1CCC(=O)N1)C(=O)N[C@@H](CCCCN)C(=O)O)NC(=O)[C@@H](CC(=O)O)NC(=O)[C@H](CCC(=O)O)NC(=O)[C@@H]1CCC(=O)N1)C(=O)O. The highest BCUT2D eigenvalue weighted by molar-refractivity contribution is 5.99. The molecule has 34 heteroatoms. The van der Waals surface area contributed by atoms with Crippen molar-refractivity contribution in [3.63, 3.8) is 0 Å². The lowest BCUT2D eigenvalue weighted by Gasteiger charge is -2.27. The quantitative estimate of drug-likeness (QED) is 0.0254. The molecule has 10 atom stereocenters. The van der Waals surface area contributed by atoms with Crippen LogP contribution in [-0.2, 0) is 76.7 Å². The molecule has 0 unspecified atom stereocenters. The summed E-state index contributed by atoms with van der Waals surface area (Å²) in [6.45, 7) is 0.316. The van der Waals surface area contributed by atoms with E-state index in [9.17, 15) is 107 Å². The standard InChI is InChI=1S/C48H74N12O22/c49-19-5-3-9-29(47(79)80)57-39(71)23(53-45(77)31(21-37(67)68)59-43(75)27(13-17-35(63)64)55-41(73)25-11-15-33(61)51-25)7-1-2-8-24(40(72)58-30(48(81)82)10-4-6-20-50)54-46(78)32(22-38(69)70)60-44(76)28(14-18-36(65)66)56-42(74)26-12-16-34(62)52-26/h23-32H,1-22,49-50H2,(H,51,61)(H,52,62)(H,53,77)(H,54,78)(H,55,73)(H,56,74)(H,57,71)(H,58,72)(H,59,75)(H,60,76)(H,63,64)(H,65,66)(H,67,68)(H,69,70)(H,79,80)(H,81,82)/t23-,24-,25-,26-,27-,28-,29-,30-,31+,32+/m0/s1. The molecule has 0 aliphatic carbocycles. The van der Waals surface area contributed by atoms with Crippen LogP contribution in [-0.4, -0.2) is 199 Å². The molecule has 0 aromatic carbocycles. The van der Waals surface area contributed by atoms with Gasteiger partial charge in [0.25, 0.3) is 0 Å². The first-order valence-corrected chi connectivity index (χ1v) is 26.4. The minimum Gasteiger partial charge on any atom is -0.481 e. The molecule has 0 spiro atoms. The van der Waals surface area contributed by atoms with Crippen molar-refractivity contribution in [1.29, 1.82) is 0 Å². The summed E-state index contributed by atoms with van der Waals surface area (Å²) in [6.07, 6.45) is -5.75. The van der Waals surface area contributed by atoms with Crippen molar-refractivity contribution in [3.05, 3.63) is 0 Å². The first-order chi connectivity index (χ1) is 38.6. The van der Waals surface area contributed by atoms with E-state index in [2.05, 4.69) is 53.2 Å². The van der Waals surface area contributed by atoms with Crippen LogP contribution >= 0.6 is 0 Å². The van der Waals surface area contributed by atoms with E-state index < -0.39 is 207 Å². The van der Waals surface area contributed by atoms with Gasteiger partial charge in [0.2, 0.25) is 59.1 Å². The van der Waals surface area contributed by atoms with Gasteiger partial charge in [-0.2, -0.15) is 0 Å². The minimum atomic E-state index is -2.07. The second-order valence-electron chi connectivity index (χ2n) is 19.4. The Hall–Kier alpha value is -8.56. The highest BCUT2D eigenvalue weighted by Crippen LogP contribution is 2.14. The maximum Gasteiger partial charge on any atom is 0.326 e. The van der Waals surface area contributed by atoms with Gasteiger partial charge in [-0.1, -0.05) is 12.8 Å². The number of hydrogen-bond acceptors (Lipinski definition) is 18. The van der Waals surface area contributed by atoms with Gasteiger partial charge in [-0.3, -0.25) is 67.1 Å². The summed E-state index contributed by atoms with van der Waals surface area (Å²) in [7, 11) is 0. The number of aliphatic carboxylic acids is 6. The van der Waals surface area contributed by atoms with E-state index in [0.717, 1.165) is 0 Å². The highest BCUT2D eigenvalue weighted by atomic mass is 16.4. The number of carboxylic acid groups (broad SMARTS) is 6. The predicted octanol–water partition coefficient (Wildman–Crippen LogP) is -5.91. The third-order valence-electron chi connectivity index (χ3n) is 12.8. The van der Waals surface area contributed by atoms with Crippen LogP contribution in [0.5, 0.6) is 0 Å². The molecule has 2 rings (SSSR count). The van der Waals surface area contributed by atoms with Gasteiger partial charge < -0.3 is 95.3 Å². The first kappa shape index (κ1) is 69.5. The summed E-state index contributed by atoms with van der Waals surface area (Å²) < 4.78 is 0. The normalized spacial score (nSPS) is 17.4. The zero-order valence-electron chi connectivity index (χ0n) is 44.7. The lowest BCUT2D eigenvalue weighted by molar-refractivity contribution is -0.143. The maximum absolute atomic E-state index is 14.0. The topological polar surface area (TPSA) is 567 Å². The molecule has 2 heterocycles. The molecule has 82 heavy (non-hydrogen) atoms. The number of amides is 10. The molecule has 458 valence electrons. The molecular formula is C48H74N12O22. The van der Waals surface area contributed by atoms with Crippen LogP contribution in [0.1, 0.15) is 128 Å². The second-order valence-corrected chi connectivity index (χ2v) is 19.4. The van der Waals surface area contributed by atoms with Crippen molar-refractivity contribution in [2.45, 2.75) is 189 Å². The number of unbranched alkanes of at least 4 members (excludes halogenated alkanes) is 3. The van der Waals surface area contributed by atoms with Crippen LogP contribution in [0.4, 0.5) is 0 Å². The smallest absolute Gasteiger partial charge is 0.326 e. The fourth-order valence-electron chi connectivity index (χ4n) is 8.38. The first-order valence-electron chi connectivity index (χ1n) is 26.4. The molecule has 0 radical (unpaired) electrons. The van der Waals surface area contributed by atoms with E-state index in [0.29, 0.717) is 12.8 Å². The molecule has 0 saturated carbocycles. The van der Waals surface area contributed by atoms with Crippen LogP contribution < -0.4 is 64.6 Å². The van der Waals surface area contributed by atoms with Gasteiger partial charge in [0.1, 0.15) is 60.4 Å². The Morgan fingerprint density at radius 1 is 0.378 bits per heavy atom. The van der Waals surface area contributed by atoms with Gasteiger partial charge in [0.15, 0.2) is 0 Å². The average Bonchev–Trinajstić information content (AvgIpc) is 4.12. The van der Waals surface area contributed by atoms with Gasteiger partial charge in [-0.05, 0) is 90.1 Å². The van der Waals surface area contributed by atoms with Gasteiger partial charge in [0, 0.05) is 25.7 Å². The van der Waals surface area contributed by atoms with Crippen molar-refractivity contribution in [1.82, 2.24) is 53.2 Å². The Kier molecular flexibility index (Phi) is 30.5. The van der Waals surface area contributed by atoms with Crippen LogP contribution in [0.2, 0.25) is 0 Å². The Morgan fingerprint density at radius 2 is 0.646 bits per heavy atom. The maximum atomic E-state index is 14.0. The highest BCUT2D eigenvalue weighted by Gasteiger charge is 2.37. The lowest BCUT2D eigenvalue weighted by atomic mass is 10.0. The van der Waals surface area contributed by atoms with Crippen molar-refractivity contribution >= 4 is 94.9 Å². The Morgan fingerprint density at radius 3 is 0.915 bits per heavy atom. The van der Waals surface area contributed by atoms with E-state index >= 15 is 0 Å². The van der Waals surface area contributed by atoms with Gasteiger partial charge in [0.05, 0.1) is 12.8 Å². The van der Waals surface area contributed by atoms with Crippen molar-refractivity contribution in [3.8, 4) is 0 Å². The summed E-state index contributed by atoms with van der Waals surface area (Å²) in [5.74, 6) is -19.6. The van der Waals surface area contributed by atoms with Crippen LogP contribution in [0.3, 0.4) is 0 Å². The minimum absolute atomic E-state index is 0.0188. The molecule has 2 fully saturated rings. The van der Waals surface area contributed by atoms with Crippen LogP contribution in [0.15, 0.2) is 0 Å². The fourth-order valence-corrected chi connectivity index (χ4v) is 8.38. The van der Waals surface area contributed by atoms with Crippen LogP contribution in [0, 0.1) is 0 Å². The number of nitrogens with one attached hydrogen (secondary N) is 10. The molecule has 10 amide bonds. The third-order valence-corrected chi connectivity index (χ3v) is 12.8. The zero-order valence-corrected chi connectivity index (χ0v) is 44.7. The summed E-state index contributed by atoms with van der Waals surface area (Å²) in [4.78, 5) is 204. The Bertz CT molecular complexity index is 2200. The summed E-state index contributed by atoms with van der Waals surface area (Å²) in [5, 5.41) is 80.6. The Labute approximate surface area is 467 Å². The number of rotatable bonds is 41. The molecular weight excluding hydrogens is 1100 g/mol. The second kappa shape index (κ2) is 35.9. The van der Waals surface area contributed by atoms with E-state index in [-0.39, 0.29) is 77.3 Å². The summed E-state index contributed by atoms with van der Waals surface area (Å²) in [5.41, 5.74) is 11.1. The molecule has 2 saturated heterocycles. The lowest BCUT2D eigenvalue weighted by Crippen LogP contribution is -2.59. The van der Waals surface area contributed by atoms with E-state index in [1.165, 1.54) is 0 Å². The summed E-state index contributed by atoms with van der Waals surface area (Å²) in [6, 6.07) is -16.5. The number of carbonyl (C=O) groups is 16. The number of carbonyl (C=O) groups excluding carboxylic acids is 10. The number of carboxylic acids is 6. The molecule has 2 aliphatic heterocycles. The van der Waals surface area contributed by atoms with Crippen molar-refractivity contribution in [2.24, 2.45) is 11.5 Å². The number of hydrogen-bond donors (Lipinski definition) is 18. The monoisotopic (exact) mass is 1170 g/mol. The van der Waals surface area contributed by atoms with E-state index in [1.807, 2.05) is 0 Å². The molecule has 2 aliphatic rings. The van der Waals surface area contributed by atoms with E-state index in [4.69, 9.17) is 11.5 Å². The zero-order chi connectivity index (χ0) is 61.6. The largest absolute Gasteiger partial charge is 0.481 e.